The average Bonchev–Trinajstić information content (AvgIpc) is 2.39. The van der Waals surface area contributed by atoms with E-state index in [1.165, 1.54) is 11.1 Å². The summed E-state index contributed by atoms with van der Waals surface area (Å²) in [5.74, 6) is 0.905. The Kier molecular flexibility index (Phi) is 3.88. The van der Waals surface area contributed by atoms with Crippen molar-refractivity contribution in [3.05, 3.63) is 59.7 Å². The molecule has 0 atom stereocenters. The molecule has 0 bridgehead atoms. The van der Waals surface area contributed by atoms with Crippen LogP contribution in [0.1, 0.15) is 11.1 Å². The molecular weight excluding hydrogens is 222 g/mol. The second-order valence-electron chi connectivity index (χ2n) is 4.50. The van der Waals surface area contributed by atoms with Crippen LogP contribution in [0.2, 0.25) is 0 Å². The quantitative estimate of drug-likeness (QED) is 0.814. The summed E-state index contributed by atoms with van der Waals surface area (Å²) < 4.78 is 5.24. The van der Waals surface area contributed by atoms with Gasteiger partial charge in [0.25, 0.3) is 0 Å². The van der Waals surface area contributed by atoms with Crippen LogP contribution in [-0.2, 0) is 6.42 Å². The van der Waals surface area contributed by atoms with E-state index in [1.807, 2.05) is 32.3 Å². The Bertz CT molecular complexity index is 520. The van der Waals surface area contributed by atoms with Gasteiger partial charge < -0.3 is 9.64 Å². The molecule has 0 amide bonds. The molecule has 0 aromatic heterocycles. The number of benzene rings is 2. The number of methoxy groups -OCH3 is 1. The lowest BCUT2D eigenvalue weighted by Gasteiger charge is -2.13. The molecule has 0 N–H and O–H groups in total. The Morgan fingerprint density at radius 2 is 1.89 bits per heavy atom. The number of ether oxygens (including phenoxy) is 1. The molecule has 2 rings (SSSR count). The van der Waals surface area contributed by atoms with Gasteiger partial charge in [0, 0.05) is 25.8 Å². The zero-order valence-corrected chi connectivity index (χ0v) is 11.1. The number of nitrogens with zero attached hydrogens (tertiary/aromatic N) is 1. The average molecular weight is 240 g/mol. The number of hydrogen-bond donors (Lipinski definition) is 0. The normalized spacial score (nSPS) is 10.2. The molecule has 18 heavy (non-hydrogen) atoms. The highest BCUT2D eigenvalue weighted by atomic mass is 16.5. The molecule has 93 valence electrons. The summed E-state index contributed by atoms with van der Waals surface area (Å²) in [6, 6.07) is 17.6. The van der Waals surface area contributed by atoms with E-state index in [0.29, 0.717) is 0 Å². The molecule has 0 aliphatic carbocycles. The molecule has 0 saturated heterocycles. The molecule has 0 heterocycles. The summed E-state index contributed by atoms with van der Waals surface area (Å²) in [4.78, 5) is 2.06. The Morgan fingerprint density at radius 1 is 1.11 bits per heavy atom. The third kappa shape index (κ3) is 3.04. The van der Waals surface area contributed by atoms with Gasteiger partial charge >= 0.3 is 0 Å². The fourth-order valence-corrected chi connectivity index (χ4v) is 1.89. The molecule has 0 saturated carbocycles. The largest absolute Gasteiger partial charge is 0.497 e. The van der Waals surface area contributed by atoms with Gasteiger partial charge in [-0.25, -0.2) is 0 Å². The summed E-state index contributed by atoms with van der Waals surface area (Å²) in [6.07, 6.45) is 0.909. The van der Waals surface area contributed by atoms with Gasteiger partial charge in [0.1, 0.15) is 5.75 Å². The van der Waals surface area contributed by atoms with Crippen LogP contribution in [0.25, 0.3) is 0 Å². The van der Waals surface area contributed by atoms with Gasteiger partial charge in [0.2, 0.25) is 0 Å². The van der Waals surface area contributed by atoms with Crippen molar-refractivity contribution in [3.8, 4) is 5.75 Å². The van der Waals surface area contributed by atoms with Crippen molar-refractivity contribution in [1.29, 1.82) is 0 Å². The maximum atomic E-state index is 5.24. The molecule has 0 aliphatic rings. The maximum Gasteiger partial charge on any atom is 0.119 e. The van der Waals surface area contributed by atoms with Crippen LogP contribution < -0.4 is 9.64 Å². The van der Waals surface area contributed by atoms with Crippen LogP contribution in [0.5, 0.6) is 5.75 Å². The van der Waals surface area contributed by atoms with E-state index in [-0.39, 0.29) is 0 Å². The molecule has 2 aromatic rings. The van der Waals surface area contributed by atoms with Crippen LogP contribution >= 0.6 is 0 Å². The van der Waals surface area contributed by atoms with Crippen molar-refractivity contribution < 1.29 is 4.74 Å². The molecule has 2 aromatic carbocycles. The molecular formula is C16H18NO. The standard InChI is InChI=1S/C16H18NO/c1-17(2)15-8-4-6-13(11-15)10-14-7-5-9-16(12-14)18-3/h4-7,9,11-12H,10H2,1-3H3. The summed E-state index contributed by atoms with van der Waals surface area (Å²) in [6.45, 7) is 0. The van der Waals surface area contributed by atoms with E-state index in [1.54, 1.807) is 7.11 Å². The molecule has 2 nitrogen and oxygen atoms in total. The number of hydrogen-bond acceptors (Lipinski definition) is 2. The van der Waals surface area contributed by atoms with Gasteiger partial charge in [-0.05, 0) is 35.7 Å². The topological polar surface area (TPSA) is 12.5 Å². The lowest BCUT2D eigenvalue weighted by molar-refractivity contribution is 0.414. The molecule has 0 unspecified atom stereocenters. The van der Waals surface area contributed by atoms with Crippen molar-refractivity contribution in [1.82, 2.24) is 0 Å². The van der Waals surface area contributed by atoms with Crippen molar-refractivity contribution in [3.63, 3.8) is 0 Å². The number of anilines is 1. The van der Waals surface area contributed by atoms with Gasteiger partial charge in [-0.1, -0.05) is 24.3 Å². The van der Waals surface area contributed by atoms with Crippen LogP contribution in [-0.4, -0.2) is 21.2 Å². The zero-order valence-electron chi connectivity index (χ0n) is 11.1. The van der Waals surface area contributed by atoms with E-state index < -0.39 is 0 Å². The first-order valence-corrected chi connectivity index (χ1v) is 6.00. The van der Waals surface area contributed by atoms with Crippen molar-refractivity contribution >= 4 is 5.69 Å². The second kappa shape index (κ2) is 5.58. The second-order valence-corrected chi connectivity index (χ2v) is 4.50. The Labute approximate surface area is 109 Å². The van der Waals surface area contributed by atoms with Gasteiger partial charge in [-0.3, -0.25) is 0 Å². The lowest BCUT2D eigenvalue weighted by Crippen LogP contribution is -2.08. The van der Waals surface area contributed by atoms with Crippen LogP contribution in [0.15, 0.2) is 42.5 Å². The minimum absolute atomic E-state index is 0.905. The van der Waals surface area contributed by atoms with Crippen molar-refractivity contribution in [2.75, 3.05) is 26.1 Å². The monoisotopic (exact) mass is 240 g/mol. The summed E-state index contributed by atoms with van der Waals surface area (Å²) in [7, 11) is 5.75. The third-order valence-electron chi connectivity index (χ3n) is 2.87. The van der Waals surface area contributed by atoms with Crippen LogP contribution in [0.3, 0.4) is 0 Å². The highest BCUT2D eigenvalue weighted by molar-refractivity contribution is 5.47. The predicted molar refractivity (Wildman–Crippen MR) is 75.4 cm³/mol. The van der Waals surface area contributed by atoms with Crippen molar-refractivity contribution in [2.24, 2.45) is 0 Å². The van der Waals surface area contributed by atoms with Gasteiger partial charge in [0.15, 0.2) is 0 Å². The minimum Gasteiger partial charge on any atom is -0.497 e. The molecule has 0 aliphatic heterocycles. The van der Waals surface area contributed by atoms with Crippen LogP contribution in [0, 0.1) is 6.07 Å². The predicted octanol–water partition coefficient (Wildman–Crippen LogP) is 3.15. The Hall–Kier alpha value is -1.96. The Morgan fingerprint density at radius 3 is 2.61 bits per heavy atom. The minimum atomic E-state index is 0.905. The highest BCUT2D eigenvalue weighted by Gasteiger charge is 2.01. The van der Waals surface area contributed by atoms with Crippen molar-refractivity contribution in [2.45, 2.75) is 6.42 Å². The third-order valence-corrected chi connectivity index (χ3v) is 2.87. The first-order chi connectivity index (χ1) is 8.69. The van der Waals surface area contributed by atoms with E-state index in [0.717, 1.165) is 17.9 Å². The van der Waals surface area contributed by atoms with E-state index in [2.05, 4.69) is 35.2 Å². The summed E-state index contributed by atoms with van der Waals surface area (Å²) in [5, 5.41) is 0. The Balaban J connectivity index is 2.20. The lowest BCUT2D eigenvalue weighted by atomic mass is 10.0. The van der Waals surface area contributed by atoms with E-state index in [9.17, 15) is 0 Å². The highest BCUT2D eigenvalue weighted by Crippen LogP contribution is 2.18. The van der Waals surface area contributed by atoms with E-state index >= 15 is 0 Å². The van der Waals surface area contributed by atoms with E-state index in [4.69, 9.17) is 4.74 Å². The fourth-order valence-electron chi connectivity index (χ4n) is 1.89. The SMILES string of the molecule is COc1cccc(Cc2cc[c]c(N(C)C)c2)c1. The molecule has 0 fully saturated rings. The molecule has 0 spiro atoms. The maximum absolute atomic E-state index is 5.24. The number of rotatable bonds is 4. The molecule has 2 heteroatoms. The van der Waals surface area contributed by atoms with Crippen LogP contribution in [0.4, 0.5) is 5.69 Å². The fraction of sp³-hybridized carbons (Fsp3) is 0.250. The summed E-state index contributed by atoms with van der Waals surface area (Å²) >= 11 is 0. The molecule has 1 radical (unpaired) electrons. The van der Waals surface area contributed by atoms with Gasteiger partial charge in [-0.2, -0.15) is 0 Å². The van der Waals surface area contributed by atoms with Gasteiger partial charge in [0.05, 0.1) is 7.11 Å². The first-order valence-electron chi connectivity index (χ1n) is 6.00. The van der Waals surface area contributed by atoms with Gasteiger partial charge in [-0.15, -0.1) is 0 Å². The smallest absolute Gasteiger partial charge is 0.119 e. The summed E-state index contributed by atoms with van der Waals surface area (Å²) in [5.41, 5.74) is 3.64. The zero-order chi connectivity index (χ0) is 13.0. The first kappa shape index (κ1) is 12.5.